The molecule has 0 bridgehead atoms. The molecule has 0 saturated heterocycles. The molecule has 0 aliphatic carbocycles. The van der Waals surface area contributed by atoms with Crippen molar-refractivity contribution in [2.24, 2.45) is 0 Å². The van der Waals surface area contributed by atoms with Gasteiger partial charge in [0.25, 0.3) is 0 Å². The van der Waals surface area contributed by atoms with E-state index in [1.165, 1.54) is 11.3 Å². The SMILES string of the molecule is C/C=C/Nc1ccccc1CC. The second-order valence-corrected chi connectivity index (χ2v) is 2.66. The molecule has 0 amide bonds. The van der Waals surface area contributed by atoms with Gasteiger partial charge in [-0.2, -0.15) is 0 Å². The van der Waals surface area contributed by atoms with E-state index in [0.717, 1.165) is 6.42 Å². The Morgan fingerprint density at radius 3 is 2.75 bits per heavy atom. The minimum atomic E-state index is 1.07. The monoisotopic (exact) mass is 161 g/mol. The van der Waals surface area contributed by atoms with Crippen LogP contribution in [0.2, 0.25) is 0 Å². The highest BCUT2D eigenvalue weighted by Crippen LogP contribution is 2.14. The lowest BCUT2D eigenvalue weighted by atomic mass is 10.1. The van der Waals surface area contributed by atoms with Gasteiger partial charge in [0.2, 0.25) is 0 Å². The van der Waals surface area contributed by atoms with Crippen LogP contribution in [0, 0.1) is 0 Å². The lowest BCUT2D eigenvalue weighted by molar-refractivity contribution is 1.14. The van der Waals surface area contributed by atoms with E-state index in [0.29, 0.717) is 0 Å². The Kier molecular flexibility index (Phi) is 3.39. The van der Waals surface area contributed by atoms with Crippen molar-refractivity contribution in [1.82, 2.24) is 0 Å². The molecule has 0 heterocycles. The summed E-state index contributed by atoms with van der Waals surface area (Å²) in [6.45, 7) is 4.16. The molecule has 1 aromatic carbocycles. The highest BCUT2D eigenvalue weighted by Gasteiger charge is 1.94. The zero-order chi connectivity index (χ0) is 8.81. The quantitative estimate of drug-likeness (QED) is 0.717. The van der Waals surface area contributed by atoms with E-state index in [9.17, 15) is 0 Å². The molecule has 1 aromatic rings. The normalized spacial score (nSPS) is 10.5. The first kappa shape index (κ1) is 8.85. The molecule has 0 atom stereocenters. The Bertz CT molecular complexity index is 263. The average molecular weight is 161 g/mol. The van der Waals surface area contributed by atoms with Crippen LogP contribution in [0.15, 0.2) is 36.5 Å². The number of allylic oxidation sites excluding steroid dienone is 1. The second kappa shape index (κ2) is 4.60. The molecule has 1 rings (SSSR count). The largest absolute Gasteiger partial charge is 0.362 e. The fourth-order valence-electron chi connectivity index (χ4n) is 1.14. The van der Waals surface area contributed by atoms with Gasteiger partial charge in [-0.15, -0.1) is 0 Å². The maximum absolute atomic E-state index is 3.23. The third-order valence-corrected chi connectivity index (χ3v) is 1.80. The van der Waals surface area contributed by atoms with E-state index in [-0.39, 0.29) is 0 Å². The summed E-state index contributed by atoms with van der Waals surface area (Å²) in [5.41, 5.74) is 2.56. The molecule has 0 fully saturated rings. The van der Waals surface area contributed by atoms with Crippen LogP contribution < -0.4 is 5.32 Å². The predicted molar refractivity (Wildman–Crippen MR) is 54.3 cm³/mol. The van der Waals surface area contributed by atoms with Gasteiger partial charge in [-0.25, -0.2) is 0 Å². The van der Waals surface area contributed by atoms with Gasteiger partial charge >= 0.3 is 0 Å². The topological polar surface area (TPSA) is 12.0 Å². The first-order valence-electron chi connectivity index (χ1n) is 4.34. The van der Waals surface area contributed by atoms with Crippen LogP contribution in [-0.4, -0.2) is 0 Å². The number of rotatable bonds is 3. The van der Waals surface area contributed by atoms with Crippen LogP contribution in [0.25, 0.3) is 0 Å². The van der Waals surface area contributed by atoms with E-state index >= 15 is 0 Å². The number of benzene rings is 1. The molecule has 0 aliphatic heterocycles. The highest BCUT2D eigenvalue weighted by atomic mass is 14.8. The van der Waals surface area contributed by atoms with Gasteiger partial charge in [-0.3, -0.25) is 0 Å². The van der Waals surface area contributed by atoms with Gasteiger partial charge in [-0.1, -0.05) is 31.2 Å². The molecule has 0 unspecified atom stereocenters. The summed E-state index contributed by atoms with van der Waals surface area (Å²) in [4.78, 5) is 0. The standard InChI is InChI=1S/C11H15N/c1-3-9-12-11-8-6-5-7-10(11)4-2/h3,5-9,12H,4H2,1-2H3/b9-3+. The third kappa shape index (κ3) is 2.12. The van der Waals surface area contributed by atoms with Crippen molar-refractivity contribution in [3.05, 3.63) is 42.1 Å². The number of hydrogen-bond donors (Lipinski definition) is 1. The van der Waals surface area contributed by atoms with Crippen LogP contribution in [0.4, 0.5) is 5.69 Å². The molecular formula is C11H15N. The predicted octanol–water partition coefficient (Wildman–Crippen LogP) is 3.19. The van der Waals surface area contributed by atoms with Crippen molar-refractivity contribution in [3.8, 4) is 0 Å². The number of para-hydroxylation sites is 1. The summed E-state index contributed by atoms with van der Waals surface area (Å²) >= 11 is 0. The smallest absolute Gasteiger partial charge is 0.0412 e. The van der Waals surface area contributed by atoms with Gasteiger partial charge in [-0.05, 0) is 31.2 Å². The molecule has 1 N–H and O–H groups in total. The molecular weight excluding hydrogens is 146 g/mol. The summed E-state index contributed by atoms with van der Waals surface area (Å²) < 4.78 is 0. The van der Waals surface area contributed by atoms with E-state index < -0.39 is 0 Å². The lowest BCUT2D eigenvalue weighted by Gasteiger charge is -2.05. The van der Waals surface area contributed by atoms with Crippen LogP contribution in [0.1, 0.15) is 19.4 Å². The molecule has 1 heteroatoms. The van der Waals surface area contributed by atoms with Crippen molar-refractivity contribution in [1.29, 1.82) is 0 Å². The van der Waals surface area contributed by atoms with Gasteiger partial charge in [0, 0.05) is 5.69 Å². The highest BCUT2D eigenvalue weighted by molar-refractivity contribution is 5.52. The Hall–Kier alpha value is -1.24. The molecule has 0 aliphatic rings. The summed E-state index contributed by atoms with van der Waals surface area (Å²) in [7, 11) is 0. The van der Waals surface area contributed by atoms with E-state index in [2.05, 4.69) is 30.4 Å². The van der Waals surface area contributed by atoms with Crippen LogP contribution in [0.3, 0.4) is 0 Å². The second-order valence-electron chi connectivity index (χ2n) is 2.66. The van der Waals surface area contributed by atoms with Crippen molar-refractivity contribution in [2.75, 3.05) is 5.32 Å². The molecule has 1 nitrogen and oxygen atoms in total. The van der Waals surface area contributed by atoms with Crippen molar-refractivity contribution in [3.63, 3.8) is 0 Å². The van der Waals surface area contributed by atoms with Gasteiger partial charge in [0.15, 0.2) is 0 Å². The van der Waals surface area contributed by atoms with Crippen LogP contribution in [-0.2, 0) is 6.42 Å². The van der Waals surface area contributed by atoms with Gasteiger partial charge in [0.1, 0.15) is 0 Å². The molecule has 12 heavy (non-hydrogen) atoms. The first-order chi connectivity index (χ1) is 5.88. The molecule has 0 radical (unpaired) electrons. The van der Waals surface area contributed by atoms with E-state index in [1.807, 2.05) is 25.3 Å². The fourth-order valence-corrected chi connectivity index (χ4v) is 1.14. The Morgan fingerprint density at radius 1 is 1.33 bits per heavy atom. The minimum absolute atomic E-state index is 1.07. The van der Waals surface area contributed by atoms with Gasteiger partial charge < -0.3 is 5.32 Å². The van der Waals surface area contributed by atoms with Crippen molar-refractivity contribution in [2.45, 2.75) is 20.3 Å². The molecule has 0 spiro atoms. The number of aryl methyl sites for hydroxylation is 1. The number of hydrogen-bond acceptors (Lipinski definition) is 1. The molecule has 0 aromatic heterocycles. The summed E-state index contributed by atoms with van der Waals surface area (Å²) in [6, 6.07) is 8.36. The zero-order valence-corrected chi connectivity index (χ0v) is 7.67. The van der Waals surface area contributed by atoms with Crippen LogP contribution >= 0.6 is 0 Å². The number of nitrogens with one attached hydrogen (secondary N) is 1. The lowest BCUT2D eigenvalue weighted by Crippen LogP contribution is -1.92. The van der Waals surface area contributed by atoms with Crippen LogP contribution in [0.5, 0.6) is 0 Å². The zero-order valence-electron chi connectivity index (χ0n) is 7.67. The van der Waals surface area contributed by atoms with Gasteiger partial charge in [0.05, 0.1) is 0 Å². The Labute approximate surface area is 74.1 Å². The van der Waals surface area contributed by atoms with E-state index in [1.54, 1.807) is 0 Å². The molecule has 0 saturated carbocycles. The third-order valence-electron chi connectivity index (χ3n) is 1.80. The first-order valence-corrected chi connectivity index (χ1v) is 4.34. The Balaban J connectivity index is 2.81. The van der Waals surface area contributed by atoms with E-state index in [4.69, 9.17) is 0 Å². The summed E-state index contributed by atoms with van der Waals surface area (Å²) in [6.07, 6.45) is 5.02. The molecule has 64 valence electrons. The average Bonchev–Trinajstić information content (AvgIpc) is 2.15. The maximum atomic E-state index is 3.23. The minimum Gasteiger partial charge on any atom is -0.362 e. The maximum Gasteiger partial charge on any atom is 0.0412 e. The summed E-state index contributed by atoms with van der Waals surface area (Å²) in [5.74, 6) is 0. The summed E-state index contributed by atoms with van der Waals surface area (Å²) in [5, 5.41) is 3.23. The fraction of sp³-hybridized carbons (Fsp3) is 0.273. The Morgan fingerprint density at radius 2 is 2.08 bits per heavy atom. The van der Waals surface area contributed by atoms with Crippen molar-refractivity contribution < 1.29 is 0 Å². The van der Waals surface area contributed by atoms with Crippen molar-refractivity contribution >= 4 is 5.69 Å². The number of anilines is 1.